The SMILES string of the molecule is Cc1cc(C(=O)N(CC(=O)O)C(C)C)co1. The van der Waals surface area contributed by atoms with Crippen molar-refractivity contribution in [2.75, 3.05) is 6.54 Å². The molecule has 1 aromatic heterocycles. The van der Waals surface area contributed by atoms with E-state index in [-0.39, 0.29) is 18.5 Å². The Bertz CT molecular complexity index is 394. The van der Waals surface area contributed by atoms with Crippen LogP contribution in [-0.2, 0) is 4.79 Å². The van der Waals surface area contributed by atoms with Gasteiger partial charge in [0, 0.05) is 6.04 Å². The first kappa shape index (κ1) is 12.3. The molecule has 16 heavy (non-hydrogen) atoms. The molecular weight excluding hydrogens is 210 g/mol. The van der Waals surface area contributed by atoms with Gasteiger partial charge in [-0.1, -0.05) is 0 Å². The standard InChI is InChI=1S/C11H15NO4/c1-7(2)12(5-10(13)14)11(15)9-4-8(3)16-6-9/h4,6-7H,5H2,1-3H3,(H,13,14). The van der Waals surface area contributed by atoms with Gasteiger partial charge in [0.05, 0.1) is 5.56 Å². The Kier molecular flexibility index (Phi) is 3.71. The van der Waals surface area contributed by atoms with Gasteiger partial charge in [0.1, 0.15) is 18.6 Å². The maximum absolute atomic E-state index is 11.9. The molecule has 1 heterocycles. The third-order valence-electron chi connectivity index (χ3n) is 2.17. The second-order valence-corrected chi connectivity index (χ2v) is 3.87. The van der Waals surface area contributed by atoms with Crippen molar-refractivity contribution in [1.29, 1.82) is 0 Å². The molecule has 0 spiro atoms. The van der Waals surface area contributed by atoms with E-state index in [1.54, 1.807) is 26.8 Å². The van der Waals surface area contributed by atoms with Crippen molar-refractivity contribution in [3.63, 3.8) is 0 Å². The number of carbonyl (C=O) groups excluding carboxylic acids is 1. The van der Waals surface area contributed by atoms with E-state index in [4.69, 9.17) is 9.52 Å². The van der Waals surface area contributed by atoms with Gasteiger partial charge in [-0.15, -0.1) is 0 Å². The van der Waals surface area contributed by atoms with E-state index < -0.39 is 5.97 Å². The molecule has 0 bridgehead atoms. The molecule has 0 saturated carbocycles. The molecule has 0 atom stereocenters. The van der Waals surface area contributed by atoms with Gasteiger partial charge in [0.2, 0.25) is 0 Å². The van der Waals surface area contributed by atoms with E-state index in [1.165, 1.54) is 11.2 Å². The number of aryl methyl sites for hydroxylation is 1. The van der Waals surface area contributed by atoms with Crippen LogP contribution < -0.4 is 0 Å². The van der Waals surface area contributed by atoms with Gasteiger partial charge in [-0.2, -0.15) is 0 Å². The minimum Gasteiger partial charge on any atom is -0.480 e. The number of carbonyl (C=O) groups is 2. The summed E-state index contributed by atoms with van der Waals surface area (Å²) in [6, 6.07) is 1.43. The van der Waals surface area contributed by atoms with Crippen molar-refractivity contribution < 1.29 is 19.1 Å². The number of hydrogen-bond acceptors (Lipinski definition) is 3. The number of nitrogens with zero attached hydrogens (tertiary/aromatic N) is 1. The van der Waals surface area contributed by atoms with E-state index in [0.29, 0.717) is 11.3 Å². The fourth-order valence-electron chi connectivity index (χ4n) is 1.36. The number of amides is 1. The number of carboxylic acids is 1. The number of furan rings is 1. The lowest BCUT2D eigenvalue weighted by molar-refractivity contribution is -0.138. The highest BCUT2D eigenvalue weighted by molar-refractivity contribution is 5.95. The quantitative estimate of drug-likeness (QED) is 0.843. The monoisotopic (exact) mass is 225 g/mol. The lowest BCUT2D eigenvalue weighted by Gasteiger charge is -2.24. The minimum atomic E-state index is -1.03. The molecule has 0 unspecified atom stereocenters. The molecule has 5 nitrogen and oxygen atoms in total. The second-order valence-electron chi connectivity index (χ2n) is 3.87. The van der Waals surface area contributed by atoms with Crippen molar-refractivity contribution in [2.45, 2.75) is 26.8 Å². The van der Waals surface area contributed by atoms with Crippen LogP contribution in [-0.4, -0.2) is 34.5 Å². The second kappa shape index (κ2) is 4.83. The van der Waals surface area contributed by atoms with Crippen LogP contribution in [0.1, 0.15) is 30.0 Å². The lowest BCUT2D eigenvalue weighted by Crippen LogP contribution is -2.40. The summed E-state index contributed by atoms with van der Waals surface area (Å²) < 4.78 is 5.03. The Morgan fingerprint density at radius 3 is 2.50 bits per heavy atom. The van der Waals surface area contributed by atoms with Gasteiger partial charge in [0.15, 0.2) is 0 Å². The molecule has 0 aromatic carbocycles. The highest BCUT2D eigenvalue weighted by Gasteiger charge is 2.22. The van der Waals surface area contributed by atoms with Crippen LogP contribution in [0.25, 0.3) is 0 Å². The molecule has 1 N–H and O–H groups in total. The van der Waals surface area contributed by atoms with Crippen molar-refractivity contribution in [3.05, 3.63) is 23.7 Å². The van der Waals surface area contributed by atoms with E-state index in [9.17, 15) is 9.59 Å². The predicted octanol–water partition coefficient (Wildman–Crippen LogP) is 1.52. The van der Waals surface area contributed by atoms with Gasteiger partial charge >= 0.3 is 5.97 Å². The first-order chi connectivity index (χ1) is 7.41. The third-order valence-corrected chi connectivity index (χ3v) is 2.17. The van der Waals surface area contributed by atoms with Gasteiger partial charge in [-0.25, -0.2) is 0 Å². The van der Waals surface area contributed by atoms with Gasteiger partial charge in [0.25, 0.3) is 5.91 Å². The van der Waals surface area contributed by atoms with Crippen LogP contribution in [0.5, 0.6) is 0 Å². The molecule has 1 rings (SSSR count). The highest BCUT2D eigenvalue weighted by Crippen LogP contribution is 2.11. The normalized spacial score (nSPS) is 10.5. The first-order valence-electron chi connectivity index (χ1n) is 4.99. The predicted molar refractivity (Wildman–Crippen MR) is 57.3 cm³/mol. The summed E-state index contributed by atoms with van der Waals surface area (Å²) >= 11 is 0. The van der Waals surface area contributed by atoms with Crippen molar-refractivity contribution in [3.8, 4) is 0 Å². The smallest absolute Gasteiger partial charge is 0.323 e. The number of aliphatic carboxylic acids is 1. The van der Waals surface area contributed by atoms with Gasteiger partial charge in [-0.3, -0.25) is 9.59 Å². The minimum absolute atomic E-state index is 0.168. The van der Waals surface area contributed by atoms with Crippen LogP contribution in [0.3, 0.4) is 0 Å². The zero-order chi connectivity index (χ0) is 12.3. The zero-order valence-corrected chi connectivity index (χ0v) is 9.56. The van der Waals surface area contributed by atoms with E-state index in [2.05, 4.69) is 0 Å². The maximum atomic E-state index is 11.9. The average Bonchev–Trinajstić information content (AvgIpc) is 2.59. The van der Waals surface area contributed by atoms with Crippen molar-refractivity contribution in [1.82, 2.24) is 4.90 Å². The third kappa shape index (κ3) is 2.85. The maximum Gasteiger partial charge on any atom is 0.323 e. The highest BCUT2D eigenvalue weighted by atomic mass is 16.4. The molecule has 0 fully saturated rings. The number of rotatable bonds is 4. The van der Waals surface area contributed by atoms with E-state index in [1.807, 2.05) is 0 Å². The topological polar surface area (TPSA) is 70.8 Å². The summed E-state index contributed by atoms with van der Waals surface area (Å²) in [5.74, 6) is -0.723. The summed E-state index contributed by atoms with van der Waals surface area (Å²) in [6.07, 6.45) is 1.34. The van der Waals surface area contributed by atoms with Crippen molar-refractivity contribution in [2.24, 2.45) is 0 Å². The summed E-state index contributed by atoms with van der Waals surface area (Å²) in [5, 5.41) is 8.72. The lowest BCUT2D eigenvalue weighted by atomic mass is 10.2. The van der Waals surface area contributed by atoms with Gasteiger partial charge in [-0.05, 0) is 26.8 Å². The van der Waals surface area contributed by atoms with Crippen LogP contribution in [0, 0.1) is 6.92 Å². The summed E-state index contributed by atoms with van der Waals surface area (Å²) in [6.45, 7) is 4.97. The van der Waals surface area contributed by atoms with E-state index in [0.717, 1.165) is 0 Å². The fourth-order valence-corrected chi connectivity index (χ4v) is 1.36. The van der Waals surface area contributed by atoms with Crippen LogP contribution in [0.4, 0.5) is 0 Å². The molecule has 88 valence electrons. The molecule has 5 heteroatoms. The largest absolute Gasteiger partial charge is 0.480 e. The zero-order valence-electron chi connectivity index (χ0n) is 9.56. The molecule has 0 radical (unpaired) electrons. The molecule has 0 saturated heterocycles. The van der Waals surface area contributed by atoms with Crippen molar-refractivity contribution >= 4 is 11.9 Å². The Morgan fingerprint density at radius 2 is 2.12 bits per heavy atom. The Balaban J connectivity index is 2.87. The molecule has 0 aliphatic heterocycles. The summed E-state index contributed by atoms with van der Waals surface area (Å²) in [4.78, 5) is 23.9. The molecular formula is C11H15NO4. The molecule has 1 amide bonds. The molecule has 1 aromatic rings. The van der Waals surface area contributed by atoms with Crippen LogP contribution in [0.2, 0.25) is 0 Å². The van der Waals surface area contributed by atoms with E-state index >= 15 is 0 Å². The van der Waals surface area contributed by atoms with Gasteiger partial charge < -0.3 is 14.4 Å². The first-order valence-corrected chi connectivity index (χ1v) is 4.99. The number of carboxylic acid groups (broad SMARTS) is 1. The van der Waals surface area contributed by atoms with Crippen LogP contribution in [0.15, 0.2) is 16.7 Å². The Morgan fingerprint density at radius 1 is 1.50 bits per heavy atom. The summed E-state index contributed by atoms with van der Waals surface area (Å²) in [5.41, 5.74) is 0.382. The summed E-state index contributed by atoms with van der Waals surface area (Å²) in [7, 11) is 0. The Labute approximate surface area is 93.7 Å². The fraction of sp³-hybridized carbons (Fsp3) is 0.455. The number of hydrogen-bond donors (Lipinski definition) is 1. The van der Waals surface area contributed by atoms with Crippen LogP contribution >= 0.6 is 0 Å². The molecule has 0 aliphatic carbocycles. The Hall–Kier alpha value is -1.78. The average molecular weight is 225 g/mol. The molecule has 0 aliphatic rings.